The van der Waals surface area contributed by atoms with Gasteiger partial charge in [-0.3, -0.25) is 0 Å². The number of imidazole rings is 1. The molecule has 0 aliphatic heterocycles. The highest BCUT2D eigenvalue weighted by atomic mass is 35.5. The number of halogens is 1. The molecule has 88 valence electrons. The van der Waals surface area contributed by atoms with Crippen molar-refractivity contribution in [2.24, 2.45) is 0 Å². The van der Waals surface area contributed by atoms with Gasteiger partial charge in [-0.05, 0) is 12.5 Å². The maximum atomic E-state index is 10.9. The first-order valence-electron chi connectivity index (χ1n) is 5.17. The molecule has 0 aliphatic rings. The molecule has 0 unspecified atom stereocenters. The molecule has 16 heavy (non-hydrogen) atoms. The van der Waals surface area contributed by atoms with Crippen molar-refractivity contribution in [3.63, 3.8) is 0 Å². The van der Waals surface area contributed by atoms with Crippen LogP contribution in [-0.4, -0.2) is 23.0 Å². The van der Waals surface area contributed by atoms with Gasteiger partial charge in [-0.1, -0.05) is 24.9 Å². The number of carbonyl (C=O) groups excluding carboxylic acids is 1. The van der Waals surface area contributed by atoms with Crippen molar-refractivity contribution in [1.82, 2.24) is 9.97 Å². The maximum Gasteiger partial charge on any atom is 0.330 e. The second kappa shape index (κ2) is 6.33. The van der Waals surface area contributed by atoms with Gasteiger partial charge in [0.15, 0.2) is 0 Å². The third-order valence-corrected chi connectivity index (χ3v) is 2.37. The number of nitrogens with one attached hydrogen (secondary N) is 1. The summed E-state index contributed by atoms with van der Waals surface area (Å²) in [5.41, 5.74) is 0.568. The van der Waals surface area contributed by atoms with Gasteiger partial charge in [0.1, 0.15) is 16.7 Å². The molecule has 0 aliphatic carbocycles. The summed E-state index contributed by atoms with van der Waals surface area (Å²) >= 11 is 5.93. The van der Waals surface area contributed by atoms with E-state index in [4.69, 9.17) is 11.6 Å². The smallest absolute Gasteiger partial charge is 0.330 e. The van der Waals surface area contributed by atoms with E-state index in [0.29, 0.717) is 10.8 Å². The molecule has 0 amide bonds. The first kappa shape index (κ1) is 12.8. The summed E-state index contributed by atoms with van der Waals surface area (Å²) in [6.45, 7) is 2.11. The van der Waals surface area contributed by atoms with Gasteiger partial charge in [0.25, 0.3) is 0 Å². The maximum absolute atomic E-state index is 10.9. The molecule has 1 N–H and O–H groups in total. The number of methoxy groups -OCH3 is 1. The zero-order valence-corrected chi connectivity index (χ0v) is 10.2. The van der Waals surface area contributed by atoms with Crippen LogP contribution < -0.4 is 0 Å². The third-order valence-electron chi connectivity index (χ3n) is 2.08. The van der Waals surface area contributed by atoms with E-state index in [1.807, 2.05) is 0 Å². The standard InChI is InChI=1S/C11H15ClN2O2/c1-3-4-5-9-13-8(11(12)14-9)6-7-10(15)16-2/h6-7H,3-5H2,1-2H3,(H,13,14). The number of aryl methyl sites for hydroxylation is 1. The molecular formula is C11H15ClN2O2. The van der Waals surface area contributed by atoms with E-state index in [9.17, 15) is 4.79 Å². The molecular weight excluding hydrogens is 228 g/mol. The molecule has 5 heteroatoms. The Morgan fingerprint density at radius 1 is 1.62 bits per heavy atom. The summed E-state index contributed by atoms with van der Waals surface area (Å²) in [6.07, 6.45) is 5.86. The van der Waals surface area contributed by atoms with Crippen LogP contribution in [-0.2, 0) is 16.0 Å². The van der Waals surface area contributed by atoms with E-state index in [1.165, 1.54) is 13.2 Å². The molecule has 0 bridgehead atoms. The Morgan fingerprint density at radius 2 is 2.38 bits per heavy atom. The lowest BCUT2D eigenvalue weighted by atomic mass is 10.2. The van der Waals surface area contributed by atoms with Crippen molar-refractivity contribution < 1.29 is 9.53 Å². The van der Waals surface area contributed by atoms with E-state index < -0.39 is 5.97 Å². The van der Waals surface area contributed by atoms with Crippen molar-refractivity contribution >= 4 is 23.6 Å². The number of H-pyrrole nitrogens is 1. The van der Waals surface area contributed by atoms with Crippen molar-refractivity contribution in [2.45, 2.75) is 26.2 Å². The zero-order valence-electron chi connectivity index (χ0n) is 9.42. The Morgan fingerprint density at radius 3 is 3.00 bits per heavy atom. The predicted octanol–water partition coefficient (Wildman–Crippen LogP) is 2.59. The van der Waals surface area contributed by atoms with Crippen LogP contribution in [0.2, 0.25) is 5.15 Å². The molecule has 4 nitrogen and oxygen atoms in total. The van der Waals surface area contributed by atoms with Gasteiger partial charge in [-0.15, -0.1) is 0 Å². The van der Waals surface area contributed by atoms with Crippen LogP contribution in [0.25, 0.3) is 6.08 Å². The average Bonchev–Trinajstić information content (AvgIpc) is 2.64. The van der Waals surface area contributed by atoms with E-state index in [2.05, 4.69) is 21.6 Å². The Hall–Kier alpha value is -1.29. The number of ether oxygens (including phenoxy) is 1. The third kappa shape index (κ3) is 3.70. The first-order chi connectivity index (χ1) is 7.67. The molecule has 0 saturated carbocycles. The van der Waals surface area contributed by atoms with Crippen LogP contribution >= 0.6 is 11.6 Å². The lowest BCUT2D eigenvalue weighted by molar-refractivity contribution is -0.134. The number of nitrogens with zero attached hydrogens (tertiary/aromatic N) is 1. The fraction of sp³-hybridized carbons (Fsp3) is 0.455. The minimum absolute atomic E-state index is 0.422. The van der Waals surface area contributed by atoms with Gasteiger partial charge in [0, 0.05) is 12.5 Å². The van der Waals surface area contributed by atoms with Crippen LogP contribution in [0.1, 0.15) is 31.3 Å². The quantitative estimate of drug-likeness (QED) is 0.638. The number of hydrogen-bond donors (Lipinski definition) is 1. The Balaban J connectivity index is 2.70. The van der Waals surface area contributed by atoms with Gasteiger partial charge in [-0.2, -0.15) is 0 Å². The minimum Gasteiger partial charge on any atom is -0.466 e. The van der Waals surface area contributed by atoms with Gasteiger partial charge >= 0.3 is 5.97 Å². The van der Waals surface area contributed by atoms with Crippen molar-refractivity contribution in [1.29, 1.82) is 0 Å². The number of aromatic nitrogens is 2. The number of carbonyl (C=O) groups is 1. The van der Waals surface area contributed by atoms with Gasteiger partial charge < -0.3 is 9.72 Å². The lowest BCUT2D eigenvalue weighted by Crippen LogP contribution is -1.93. The van der Waals surface area contributed by atoms with Gasteiger partial charge in [0.2, 0.25) is 0 Å². The average molecular weight is 243 g/mol. The number of hydrogen-bond acceptors (Lipinski definition) is 3. The minimum atomic E-state index is -0.422. The molecule has 1 rings (SSSR count). The summed E-state index contributed by atoms with van der Waals surface area (Å²) in [5, 5.41) is 0.450. The summed E-state index contributed by atoms with van der Waals surface area (Å²) in [6, 6.07) is 0. The lowest BCUT2D eigenvalue weighted by Gasteiger charge is -1.91. The SMILES string of the molecule is CCCCc1nc(C=CC(=O)OC)c(Cl)[nH]1. The summed E-state index contributed by atoms with van der Waals surface area (Å²) in [5.74, 6) is 0.422. The Labute approximate surface area is 99.7 Å². The second-order valence-corrected chi connectivity index (χ2v) is 3.72. The van der Waals surface area contributed by atoms with Gasteiger partial charge in [-0.25, -0.2) is 9.78 Å². The molecule has 0 atom stereocenters. The largest absolute Gasteiger partial charge is 0.466 e. The molecule has 1 aromatic rings. The molecule has 0 spiro atoms. The number of unbranched alkanes of at least 4 members (excludes halogenated alkanes) is 1. The van der Waals surface area contributed by atoms with Crippen LogP contribution in [0.3, 0.4) is 0 Å². The summed E-state index contributed by atoms with van der Waals surface area (Å²) < 4.78 is 4.48. The summed E-state index contributed by atoms with van der Waals surface area (Å²) in [4.78, 5) is 18.1. The molecule has 1 heterocycles. The van der Waals surface area contributed by atoms with Crippen molar-refractivity contribution in [3.8, 4) is 0 Å². The Bertz CT molecular complexity index is 385. The van der Waals surface area contributed by atoms with Crippen LogP contribution in [0.15, 0.2) is 6.08 Å². The molecule has 0 fully saturated rings. The summed E-state index contributed by atoms with van der Waals surface area (Å²) in [7, 11) is 1.32. The van der Waals surface area contributed by atoms with Crippen LogP contribution in [0, 0.1) is 0 Å². The zero-order chi connectivity index (χ0) is 12.0. The van der Waals surface area contributed by atoms with E-state index >= 15 is 0 Å². The first-order valence-corrected chi connectivity index (χ1v) is 5.55. The number of esters is 1. The molecule has 0 aromatic carbocycles. The fourth-order valence-corrected chi connectivity index (χ4v) is 1.42. The number of rotatable bonds is 5. The molecule has 0 radical (unpaired) electrons. The van der Waals surface area contributed by atoms with Crippen molar-refractivity contribution in [2.75, 3.05) is 7.11 Å². The van der Waals surface area contributed by atoms with Gasteiger partial charge in [0.05, 0.1) is 7.11 Å². The van der Waals surface area contributed by atoms with E-state index in [-0.39, 0.29) is 0 Å². The number of aromatic amines is 1. The van der Waals surface area contributed by atoms with E-state index in [1.54, 1.807) is 6.08 Å². The molecule has 0 saturated heterocycles. The van der Waals surface area contributed by atoms with Crippen LogP contribution in [0.4, 0.5) is 0 Å². The molecule has 1 aromatic heterocycles. The highest BCUT2D eigenvalue weighted by Gasteiger charge is 2.05. The normalized spacial score (nSPS) is 10.9. The predicted molar refractivity (Wildman–Crippen MR) is 63.3 cm³/mol. The monoisotopic (exact) mass is 242 g/mol. The second-order valence-electron chi connectivity index (χ2n) is 3.34. The highest BCUT2D eigenvalue weighted by Crippen LogP contribution is 2.15. The van der Waals surface area contributed by atoms with E-state index in [0.717, 1.165) is 25.1 Å². The van der Waals surface area contributed by atoms with Crippen LogP contribution in [0.5, 0.6) is 0 Å². The Kier molecular flexibility index (Phi) is 5.05. The van der Waals surface area contributed by atoms with Crippen molar-refractivity contribution in [3.05, 3.63) is 22.7 Å². The highest BCUT2D eigenvalue weighted by molar-refractivity contribution is 6.30. The fourth-order valence-electron chi connectivity index (χ4n) is 1.20. The topological polar surface area (TPSA) is 55.0 Å².